The summed E-state index contributed by atoms with van der Waals surface area (Å²) in [6.07, 6.45) is 2.06. The Hall–Kier alpha value is -0.260. The Balaban J connectivity index is 2.11. The first-order chi connectivity index (χ1) is 8.29. The van der Waals surface area contributed by atoms with Gasteiger partial charge in [-0.05, 0) is 32.1 Å². The lowest BCUT2D eigenvalue weighted by Gasteiger charge is -2.37. The van der Waals surface area contributed by atoms with Crippen molar-refractivity contribution in [2.45, 2.75) is 25.3 Å². The molecule has 2 rings (SSSR count). The van der Waals surface area contributed by atoms with E-state index in [4.69, 9.17) is 4.74 Å². The second-order valence-electron chi connectivity index (χ2n) is 4.65. The number of hydrogen-bond donors (Lipinski definition) is 1. The molecule has 0 bridgehead atoms. The Labute approximate surface area is 107 Å². The predicted octanol–water partition coefficient (Wildman–Crippen LogP) is 0.720. The summed E-state index contributed by atoms with van der Waals surface area (Å²) in [5.41, 5.74) is -0.341. The van der Waals surface area contributed by atoms with Gasteiger partial charge in [0.25, 0.3) is 0 Å². The summed E-state index contributed by atoms with van der Waals surface area (Å²) in [4.78, 5) is 14.6. The van der Waals surface area contributed by atoms with Crippen LogP contribution in [0, 0.1) is 0 Å². The van der Waals surface area contributed by atoms with Gasteiger partial charge in [0, 0.05) is 25.4 Å². The molecule has 2 aliphatic heterocycles. The number of ether oxygens (including phenoxy) is 1. The SMILES string of the molecule is CCOC(=O)C1(N2CCCNCC2)CCSC1. The van der Waals surface area contributed by atoms with Crippen molar-refractivity contribution in [3.63, 3.8) is 0 Å². The Kier molecular flexibility index (Phi) is 4.70. The monoisotopic (exact) mass is 258 g/mol. The largest absolute Gasteiger partial charge is 0.465 e. The van der Waals surface area contributed by atoms with E-state index in [-0.39, 0.29) is 11.5 Å². The molecule has 17 heavy (non-hydrogen) atoms. The highest BCUT2D eigenvalue weighted by molar-refractivity contribution is 7.99. The van der Waals surface area contributed by atoms with Crippen LogP contribution in [0.3, 0.4) is 0 Å². The van der Waals surface area contributed by atoms with Crippen molar-refractivity contribution in [3.8, 4) is 0 Å². The molecule has 1 N–H and O–H groups in total. The molecule has 1 unspecified atom stereocenters. The molecule has 0 amide bonds. The van der Waals surface area contributed by atoms with E-state index in [0.717, 1.165) is 50.5 Å². The van der Waals surface area contributed by atoms with Crippen LogP contribution >= 0.6 is 11.8 Å². The maximum Gasteiger partial charge on any atom is 0.327 e. The van der Waals surface area contributed by atoms with E-state index in [2.05, 4.69) is 10.2 Å². The number of carbonyl (C=O) groups excluding carboxylic acids is 1. The zero-order valence-electron chi connectivity index (χ0n) is 10.5. The lowest BCUT2D eigenvalue weighted by molar-refractivity contribution is -0.156. The van der Waals surface area contributed by atoms with Crippen molar-refractivity contribution in [3.05, 3.63) is 0 Å². The van der Waals surface area contributed by atoms with Gasteiger partial charge in [0.15, 0.2) is 0 Å². The third kappa shape index (κ3) is 2.77. The maximum atomic E-state index is 12.3. The molecule has 2 fully saturated rings. The van der Waals surface area contributed by atoms with Crippen molar-refractivity contribution in [1.29, 1.82) is 0 Å². The minimum atomic E-state index is -0.341. The summed E-state index contributed by atoms with van der Waals surface area (Å²) in [5.74, 6) is 1.96. The number of hydrogen-bond acceptors (Lipinski definition) is 5. The zero-order valence-corrected chi connectivity index (χ0v) is 11.4. The first-order valence-electron chi connectivity index (χ1n) is 6.50. The maximum absolute atomic E-state index is 12.3. The van der Waals surface area contributed by atoms with Gasteiger partial charge in [-0.1, -0.05) is 0 Å². The molecule has 5 heteroatoms. The molecule has 2 saturated heterocycles. The van der Waals surface area contributed by atoms with Gasteiger partial charge in [-0.25, -0.2) is 0 Å². The lowest BCUT2D eigenvalue weighted by atomic mass is 9.96. The number of rotatable bonds is 3. The molecule has 0 radical (unpaired) electrons. The van der Waals surface area contributed by atoms with Crippen molar-refractivity contribution in [1.82, 2.24) is 10.2 Å². The summed E-state index contributed by atoms with van der Waals surface area (Å²) in [6, 6.07) is 0. The zero-order chi connectivity index (χ0) is 12.1. The number of esters is 1. The van der Waals surface area contributed by atoms with Crippen LogP contribution in [0.2, 0.25) is 0 Å². The summed E-state index contributed by atoms with van der Waals surface area (Å²) < 4.78 is 5.31. The van der Waals surface area contributed by atoms with Crippen molar-refractivity contribution in [2.75, 3.05) is 44.3 Å². The smallest absolute Gasteiger partial charge is 0.327 e. The summed E-state index contributed by atoms with van der Waals surface area (Å²) in [6.45, 7) is 6.37. The highest BCUT2D eigenvalue weighted by Crippen LogP contribution is 2.35. The van der Waals surface area contributed by atoms with Gasteiger partial charge < -0.3 is 10.1 Å². The normalized spacial score (nSPS) is 31.1. The second-order valence-corrected chi connectivity index (χ2v) is 5.75. The number of nitrogens with zero attached hydrogens (tertiary/aromatic N) is 1. The van der Waals surface area contributed by atoms with Gasteiger partial charge in [-0.15, -0.1) is 0 Å². The van der Waals surface area contributed by atoms with Crippen LogP contribution < -0.4 is 5.32 Å². The van der Waals surface area contributed by atoms with E-state index in [1.54, 1.807) is 0 Å². The molecule has 0 aliphatic carbocycles. The fourth-order valence-corrected chi connectivity index (χ4v) is 4.04. The average molecular weight is 258 g/mol. The van der Waals surface area contributed by atoms with Crippen LogP contribution in [0.4, 0.5) is 0 Å². The standard InChI is InChI=1S/C12H22N2O2S/c1-2-16-11(15)12(4-9-17-10-12)14-7-3-5-13-6-8-14/h13H,2-10H2,1H3. The van der Waals surface area contributed by atoms with E-state index < -0.39 is 0 Å². The third-order valence-electron chi connectivity index (χ3n) is 3.60. The summed E-state index contributed by atoms with van der Waals surface area (Å²) in [5, 5.41) is 3.39. The summed E-state index contributed by atoms with van der Waals surface area (Å²) in [7, 11) is 0. The quantitative estimate of drug-likeness (QED) is 0.756. The molecule has 0 aromatic rings. The molecule has 98 valence electrons. The van der Waals surface area contributed by atoms with Crippen molar-refractivity contribution in [2.24, 2.45) is 0 Å². The molecular formula is C12H22N2O2S. The Morgan fingerprint density at radius 1 is 1.47 bits per heavy atom. The number of thioether (sulfide) groups is 1. The number of carbonyl (C=O) groups is 1. The van der Waals surface area contributed by atoms with Crippen LogP contribution in [-0.4, -0.2) is 60.7 Å². The van der Waals surface area contributed by atoms with E-state index >= 15 is 0 Å². The van der Waals surface area contributed by atoms with E-state index in [1.165, 1.54) is 0 Å². The topological polar surface area (TPSA) is 41.6 Å². The number of nitrogens with one attached hydrogen (secondary N) is 1. The molecule has 1 atom stereocenters. The average Bonchev–Trinajstić information content (AvgIpc) is 2.67. The van der Waals surface area contributed by atoms with Crippen LogP contribution in [0.15, 0.2) is 0 Å². The van der Waals surface area contributed by atoms with E-state index in [1.807, 2.05) is 18.7 Å². The van der Waals surface area contributed by atoms with Gasteiger partial charge in [0.05, 0.1) is 6.61 Å². The Morgan fingerprint density at radius 3 is 3.06 bits per heavy atom. The van der Waals surface area contributed by atoms with E-state index in [0.29, 0.717) is 6.61 Å². The van der Waals surface area contributed by atoms with Gasteiger partial charge in [0.2, 0.25) is 0 Å². The molecular weight excluding hydrogens is 236 g/mol. The van der Waals surface area contributed by atoms with Crippen molar-refractivity contribution < 1.29 is 9.53 Å². The molecule has 0 spiro atoms. The van der Waals surface area contributed by atoms with Crippen LogP contribution in [0.5, 0.6) is 0 Å². The van der Waals surface area contributed by atoms with Gasteiger partial charge in [-0.2, -0.15) is 11.8 Å². The van der Waals surface area contributed by atoms with E-state index in [9.17, 15) is 4.79 Å². The molecule has 0 aromatic heterocycles. The first-order valence-corrected chi connectivity index (χ1v) is 7.66. The fraction of sp³-hybridized carbons (Fsp3) is 0.917. The molecule has 0 saturated carbocycles. The lowest BCUT2D eigenvalue weighted by Crippen LogP contribution is -2.56. The predicted molar refractivity (Wildman–Crippen MR) is 70.4 cm³/mol. The van der Waals surface area contributed by atoms with Gasteiger partial charge in [-0.3, -0.25) is 9.69 Å². The fourth-order valence-electron chi connectivity index (χ4n) is 2.63. The van der Waals surface area contributed by atoms with Crippen LogP contribution in [-0.2, 0) is 9.53 Å². The molecule has 4 nitrogen and oxygen atoms in total. The van der Waals surface area contributed by atoms with Gasteiger partial charge in [0.1, 0.15) is 5.54 Å². The molecule has 0 aromatic carbocycles. The summed E-state index contributed by atoms with van der Waals surface area (Å²) >= 11 is 1.87. The minimum Gasteiger partial charge on any atom is -0.465 e. The Bertz CT molecular complexity index is 259. The van der Waals surface area contributed by atoms with Crippen molar-refractivity contribution >= 4 is 17.7 Å². The highest BCUT2D eigenvalue weighted by atomic mass is 32.2. The molecule has 2 heterocycles. The van der Waals surface area contributed by atoms with Crippen LogP contribution in [0.25, 0.3) is 0 Å². The first kappa shape index (κ1) is 13.2. The minimum absolute atomic E-state index is 0.00750. The van der Waals surface area contributed by atoms with Gasteiger partial charge >= 0.3 is 5.97 Å². The molecule has 2 aliphatic rings. The highest BCUT2D eigenvalue weighted by Gasteiger charge is 2.47. The van der Waals surface area contributed by atoms with Crippen LogP contribution in [0.1, 0.15) is 19.8 Å². The second kappa shape index (κ2) is 6.07. The Morgan fingerprint density at radius 2 is 2.35 bits per heavy atom. The third-order valence-corrected chi connectivity index (χ3v) is 4.78.